The Hall–Kier alpha value is -0.860. The van der Waals surface area contributed by atoms with Crippen LogP contribution in [0.3, 0.4) is 0 Å². The highest BCUT2D eigenvalue weighted by molar-refractivity contribution is 5.22. The smallest absolute Gasteiger partial charge is 0.0233 e. The van der Waals surface area contributed by atoms with Gasteiger partial charge in [0.15, 0.2) is 0 Å². The first-order valence-corrected chi connectivity index (χ1v) is 8.21. The Morgan fingerprint density at radius 1 is 1.20 bits per heavy atom. The second-order valence-electron chi connectivity index (χ2n) is 6.47. The van der Waals surface area contributed by atoms with Crippen LogP contribution >= 0.6 is 0 Å². The lowest BCUT2D eigenvalue weighted by Gasteiger charge is -2.16. The first-order chi connectivity index (χ1) is 9.67. The summed E-state index contributed by atoms with van der Waals surface area (Å²) in [5.74, 6) is 0.927. The van der Waals surface area contributed by atoms with Crippen LogP contribution in [0.25, 0.3) is 0 Å². The van der Waals surface area contributed by atoms with Gasteiger partial charge in [-0.25, -0.2) is 0 Å². The van der Waals surface area contributed by atoms with E-state index < -0.39 is 0 Å². The molecule has 2 heteroatoms. The maximum atomic E-state index is 3.47. The van der Waals surface area contributed by atoms with Gasteiger partial charge in [0.2, 0.25) is 0 Å². The number of hydrogen-bond acceptors (Lipinski definition) is 2. The minimum Gasteiger partial charge on any atom is -0.314 e. The Morgan fingerprint density at radius 2 is 1.90 bits per heavy atom. The Labute approximate surface area is 124 Å². The zero-order valence-electron chi connectivity index (χ0n) is 13.4. The molecule has 1 unspecified atom stereocenters. The van der Waals surface area contributed by atoms with Crippen LogP contribution in [0, 0.1) is 5.92 Å². The van der Waals surface area contributed by atoms with Gasteiger partial charge in [-0.15, -0.1) is 0 Å². The third-order valence-corrected chi connectivity index (χ3v) is 4.34. The second-order valence-corrected chi connectivity index (χ2v) is 6.47. The van der Waals surface area contributed by atoms with Crippen LogP contribution in [0.2, 0.25) is 0 Å². The van der Waals surface area contributed by atoms with E-state index in [0.29, 0.717) is 6.04 Å². The van der Waals surface area contributed by atoms with E-state index in [1.54, 1.807) is 0 Å². The lowest BCUT2D eigenvalue weighted by Crippen LogP contribution is -2.24. The van der Waals surface area contributed by atoms with Gasteiger partial charge in [-0.1, -0.05) is 51.5 Å². The topological polar surface area (TPSA) is 15.3 Å². The zero-order chi connectivity index (χ0) is 14.4. The molecule has 1 atom stereocenters. The Kier molecular flexibility index (Phi) is 6.06. The van der Waals surface area contributed by atoms with E-state index in [9.17, 15) is 0 Å². The summed E-state index contributed by atoms with van der Waals surface area (Å²) in [7, 11) is 0. The molecule has 0 aromatic heterocycles. The highest BCUT2D eigenvalue weighted by atomic mass is 15.1. The van der Waals surface area contributed by atoms with Crippen molar-refractivity contribution < 1.29 is 0 Å². The minimum atomic E-state index is 0.580. The van der Waals surface area contributed by atoms with Gasteiger partial charge in [0.05, 0.1) is 0 Å². The molecular weight excluding hydrogens is 244 g/mol. The zero-order valence-corrected chi connectivity index (χ0v) is 13.4. The summed E-state index contributed by atoms with van der Waals surface area (Å²) in [6.07, 6.45) is 3.84. The molecule has 0 bridgehead atoms. The van der Waals surface area contributed by atoms with Crippen molar-refractivity contribution in [2.75, 3.05) is 19.6 Å². The van der Waals surface area contributed by atoms with Crippen LogP contribution < -0.4 is 5.32 Å². The molecule has 20 heavy (non-hydrogen) atoms. The van der Waals surface area contributed by atoms with Crippen molar-refractivity contribution in [2.24, 2.45) is 5.92 Å². The van der Waals surface area contributed by atoms with Crippen molar-refractivity contribution in [3.63, 3.8) is 0 Å². The van der Waals surface area contributed by atoms with E-state index in [1.807, 2.05) is 0 Å². The molecule has 0 saturated carbocycles. The molecule has 1 heterocycles. The first-order valence-electron chi connectivity index (χ1n) is 8.21. The fourth-order valence-electron chi connectivity index (χ4n) is 2.96. The molecule has 1 aliphatic rings. The van der Waals surface area contributed by atoms with Gasteiger partial charge in [-0.2, -0.15) is 0 Å². The number of benzene rings is 1. The highest BCUT2D eigenvalue weighted by Gasteiger charge is 2.20. The summed E-state index contributed by atoms with van der Waals surface area (Å²) in [6, 6.07) is 9.79. The molecule has 2 rings (SSSR count). The third-order valence-electron chi connectivity index (χ3n) is 4.34. The molecule has 1 N–H and O–H groups in total. The maximum absolute atomic E-state index is 3.47. The lowest BCUT2D eigenvalue weighted by atomic mass is 10.1. The first kappa shape index (κ1) is 15.5. The molecule has 1 aromatic rings. The van der Waals surface area contributed by atoms with E-state index >= 15 is 0 Å². The summed E-state index contributed by atoms with van der Waals surface area (Å²) in [5.41, 5.74) is 2.90. The molecule has 0 aliphatic carbocycles. The van der Waals surface area contributed by atoms with Crippen LogP contribution in [-0.2, 0) is 13.0 Å². The summed E-state index contributed by atoms with van der Waals surface area (Å²) >= 11 is 0. The number of likely N-dealkylation sites (tertiary alicyclic amines) is 1. The van der Waals surface area contributed by atoms with Crippen LogP contribution in [0.5, 0.6) is 0 Å². The molecule has 1 aromatic carbocycles. The molecule has 0 amide bonds. The largest absolute Gasteiger partial charge is 0.314 e. The second kappa shape index (κ2) is 7.80. The fraction of sp³-hybridized carbons (Fsp3) is 0.667. The van der Waals surface area contributed by atoms with Gasteiger partial charge < -0.3 is 5.32 Å². The summed E-state index contributed by atoms with van der Waals surface area (Å²) in [4.78, 5) is 2.60. The van der Waals surface area contributed by atoms with Gasteiger partial charge in [0.25, 0.3) is 0 Å². The van der Waals surface area contributed by atoms with Crippen LogP contribution in [-0.4, -0.2) is 30.6 Å². The molecule has 1 aliphatic heterocycles. The number of nitrogens with zero attached hydrogens (tertiary/aromatic N) is 1. The maximum Gasteiger partial charge on any atom is 0.0233 e. The standard InChI is InChI=1S/C18H30N2/c1-4-16-10-12-20(13-16)14-18-7-5-17(6-8-18)9-11-19-15(2)3/h5-8,15-16,19H,4,9-14H2,1-3H3. The third kappa shape index (κ3) is 4.92. The van der Waals surface area contributed by atoms with Crippen LogP contribution in [0.1, 0.15) is 44.7 Å². The highest BCUT2D eigenvalue weighted by Crippen LogP contribution is 2.21. The Balaban J connectivity index is 1.77. The van der Waals surface area contributed by atoms with Crippen LogP contribution in [0.4, 0.5) is 0 Å². The average Bonchev–Trinajstić information content (AvgIpc) is 2.88. The molecule has 1 fully saturated rings. The van der Waals surface area contributed by atoms with E-state index in [2.05, 4.69) is 55.3 Å². The lowest BCUT2D eigenvalue weighted by molar-refractivity contribution is 0.315. The van der Waals surface area contributed by atoms with Gasteiger partial charge >= 0.3 is 0 Å². The van der Waals surface area contributed by atoms with Gasteiger partial charge in [0, 0.05) is 19.1 Å². The molecular formula is C18H30N2. The van der Waals surface area contributed by atoms with Crippen molar-refractivity contribution in [1.82, 2.24) is 10.2 Å². The predicted molar refractivity (Wildman–Crippen MR) is 87.0 cm³/mol. The van der Waals surface area contributed by atoms with Crippen molar-refractivity contribution in [2.45, 2.75) is 52.6 Å². The number of hydrogen-bond donors (Lipinski definition) is 1. The normalized spacial score (nSPS) is 19.9. The molecule has 0 spiro atoms. The average molecular weight is 274 g/mol. The molecule has 0 radical (unpaired) electrons. The summed E-state index contributed by atoms with van der Waals surface area (Å²) < 4.78 is 0. The van der Waals surface area contributed by atoms with Crippen LogP contribution in [0.15, 0.2) is 24.3 Å². The van der Waals surface area contributed by atoms with Crippen molar-refractivity contribution in [3.05, 3.63) is 35.4 Å². The quantitative estimate of drug-likeness (QED) is 0.819. The van der Waals surface area contributed by atoms with E-state index in [4.69, 9.17) is 0 Å². The van der Waals surface area contributed by atoms with E-state index in [1.165, 1.54) is 37.1 Å². The van der Waals surface area contributed by atoms with Gasteiger partial charge in [-0.3, -0.25) is 4.90 Å². The molecule has 1 saturated heterocycles. The number of nitrogens with one attached hydrogen (secondary N) is 1. The molecule has 2 nitrogen and oxygen atoms in total. The summed E-state index contributed by atoms with van der Waals surface area (Å²) in [6.45, 7) is 11.5. The predicted octanol–water partition coefficient (Wildman–Crippen LogP) is 3.46. The number of rotatable bonds is 7. The van der Waals surface area contributed by atoms with E-state index in [0.717, 1.165) is 25.4 Å². The molecule has 112 valence electrons. The van der Waals surface area contributed by atoms with Crippen molar-refractivity contribution in [1.29, 1.82) is 0 Å². The monoisotopic (exact) mass is 274 g/mol. The fourth-order valence-corrected chi connectivity index (χ4v) is 2.96. The van der Waals surface area contributed by atoms with Crippen molar-refractivity contribution in [3.8, 4) is 0 Å². The van der Waals surface area contributed by atoms with E-state index in [-0.39, 0.29) is 0 Å². The van der Waals surface area contributed by atoms with Crippen molar-refractivity contribution >= 4 is 0 Å². The van der Waals surface area contributed by atoms with Gasteiger partial charge in [-0.05, 0) is 43.0 Å². The minimum absolute atomic E-state index is 0.580. The SMILES string of the molecule is CCC1CCN(Cc2ccc(CCNC(C)C)cc2)C1. The van der Waals surface area contributed by atoms with Gasteiger partial charge in [0.1, 0.15) is 0 Å². The Morgan fingerprint density at radius 3 is 2.50 bits per heavy atom. The Bertz CT molecular complexity index is 383. The summed E-state index contributed by atoms with van der Waals surface area (Å²) in [5, 5.41) is 3.47.